The molecule has 6 aromatic carbocycles. The first-order valence-corrected chi connectivity index (χ1v) is 15.1. The number of hydrogen-bond acceptors (Lipinski definition) is 2. The van der Waals surface area contributed by atoms with Crippen LogP contribution in [0.4, 0.5) is 0 Å². The first-order valence-electron chi connectivity index (χ1n) is 15.1. The van der Waals surface area contributed by atoms with E-state index in [1.807, 2.05) is 6.92 Å². The van der Waals surface area contributed by atoms with E-state index in [-0.39, 0.29) is 11.8 Å². The molecule has 2 heteroatoms. The van der Waals surface area contributed by atoms with Gasteiger partial charge >= 0.3 is 0 Å². The van der Waals surface area contributed by atoms with E-state index in [1.54, 1.807) is 0 Å². The summed E-state index contributed by atoms with van der Waals surface area (Å²) < 4.78 is 0. The summed E-state index contributed by atoms with van der Waals surface area (Å²) in [5.74, 6) is 0.779. The fourth-order valence-electron chi connectivity index (χ4n) is 6.68. The summed E-state index contributed by atoms with van der Waals surface area (Å²) >= 11 is 0. The Bertz CT molecular complexity index is 1910. The van der Waals surface area contributed by atoms with Gasteiger partial charge in [0.1, 0.15) is 11.5 Å². The van der Waals surface area contributed by atoms with Gasteiger partial charge in [-0.05, 0) is 99.0 Å². The van der Waals surface area contributed by atoms with Crippen molar-refractivity contribution >= 4 is 21.5 Å². The van der Waals surface area contributed by atoms with Gasteiger partial charge in [-0.15, -0.1) is 0 Å². The third-order valence-corrected chi connectivity index (χ3v) is 9.00. The maximum atomic E-state index is 11.5. The lowest BCUT2D eigenvalue weighted by Gasteiger charge is -2.23. The third-order valence-electron chi connectivity index (χ3n) is 9.00. The Hall–Kier alpha value is -4.56. The summed E-state index contributed by atoms with van der Waals surface area (Å²) in [7, 11) is 0. The van der Waals surface area contributed by atoms with Gasteiger partial charge in [-0.25, -0.2) is 0 Å². The minimum absolute atomic E-state index is 0.00365. The highest BCUT2D eigenvalue weighted by atomic mass is 16.3. The van der Waals surface area contributed by atoms with Crippen molar-refractivity contribution in [3.8, 4) is 22.6 Å². The van der Waals surface area contributed by atoms with Crippen LogP contribution >= 0.6 is 0 Å². The summed E-state index contributed by atoms with van der Waals surface area (Å²) in [6, 6.07) is 38.3. The number of hydrogen-bond donors (Lipinski definition) is 2. The van der Waals surface area contributed by atoms with Crippen molar-refractivity contribution < 1.29 is 10.2 Å². The van der Waals surface area contributed by atoms with Gasteiger partial charge in [0.2, 0.25) is 0 Å². The molecule has 42 heavy (non-hydrogen) atoms. The molecule has 2 nitrogen and oxygen atoms in total. The van der Waals surface area contributed by atoms with Gasteiger partial charge in [0.25, 0.3) is 0 Å². The molecule has 2 N–H and O–H groups in total. The largest absolute Gasteiger partial charge is 0.507 e. The zero-order chi connectivity index (χ0) is 29.4. The molecule has 0 aliphatic heterocycles. The molecule has 6 aromatic rings. The number of phenols is 2. The Morgan fingerprint density at radius 1 is 0.571 bits per heavy atom. The normalized spacial score (nSPS) is 13.0. The SMILES string of the molecule is CCc1cc(-c2cc(C)c(O)c(C(C)c3cccc4ccccc34)c2)cc(C(CC)c2cccc3ccccc23)c1O. The second-order valence-electron chi connectivity index (χ2n) is 11.5. The maximum absolute atomic E-state index is 11.5. The average Bonchev–Trinajstić information content (AvgIpc) is 3.03. The predicted molar refractivity (Wildman–Crippen MR) is 177 cm³/mol. The van der Waals surface area contributed by atoms with E-state index in [1.165, 1.54) is 32.7 Å². The van der Waals surface area contributed by atoms with E-state index < -0.39 is 0 Å². The Morgan fingerprint density at radius 3 is 1.76 bits per heavy atom. The molecule has 2 unspecified atom stereocenters. The van der Waals surface area contributed by atoms with E-state index >= 15 is 0 Å². The van der Waals surface area contributed by atoms with Crippen LogP contribution in [0.25, 0.3) is 32.7 Å². The van der Waals surface area contributed by atoms with Gasteiger partial charge in [0, 0.05) is 23.0 Å². The van der Waals surface area contributed by atoms with Gasteiger partial charge in [-0.3, -0.25) is 0 Å². The number of rotatable bonds is 7. The predicted octanol–water partition coefficient (Wildman–Crippen LogP) is 10.6. The van der Waals surface area contributed by atoms with Crippen LogP contribution in [-0.4, -0.2) is 10.2 Å². The molecule has 0 bridgehead atoms. The van der Waals surface area contributed by atoms with E-state index in [2.05, 4.69) is 130 Å². The molecule has 0 saturated heterocycles. The highest BCUT2D eigenvalue weighted by molar-refractivity contribution is 5.88. The summed E-state index contributed by atoms with van der Waals surface area (Å²) in [4.78, 5) is 0. The van der Waals surface area contributed by atoms with Crippen molar-refractivity contribution in [3.63, 3.8) is 0 Å². The Balaban J connectivity index is 1.51. The molecule has 0 heterocycles. The molecule has 2 atom stereocenters. The van der Waals surface area contributed by atoms with E-state index in [4.69, 9.17) is 0 Å². The lowest BCUT2D eigenvalue weighted by atomic mass is 9.82. The first kappa shape index (κ1) is 27.6. The highest BCUT2D eigenvalue weighted by Crippen LogP contribution is 2.43. The van der Waals surface area contributed by atoms with Crippen LogP contribution in [0.2, 0.25) is 0 Å². The van der Waals surface area contributed by atoms with Crippen LogP contribution in [0.5, 0.6) is 11.5 Å². The topological polar surface area (TPSA) is 40.5 Å². The van der Waals surface area contributed by atoms with Gasteiger partial charge in [-0.1, -0.05) is 106 Å². The van der Waals surface area contributed by atoms with Gasteiger partial charge in [-0.2, -0.15) is 0 Å². The molecule has 0 spiro atoms. The fourth-order valence-corrected chi connectivity index (χ4v) is 6.68. The molecule has 0 amide bonds. The summed E-state index contributed by atoms with van der Waals surface area (Å²) in [6.07, 6.45) is 1.60. The van der Waals surface area contributed by atoms with Crippen molar-refractivity contribution in [1.82, 2.24) is 0 Å². The standard InChI is InChI=1S/C40H38O2/c1-5-27-22-31(24-38(40(27)42)32(6-2)36-20-12-16-29-14-8-10-18-35(29)36)30-21-25(3)39(41)37(23-30)26(4)33-19-11-15-28-13-7-9-17-34(28)33/h7-24,26,32,41-42H,5-6H2,1-4H3. The Labute approximate surface area is 248 Å². The fraction of sp³-hybridized carbons (Fsp3) is 0.200. The second kappa shape index (κ2) is 11.4. The zero-order valence-corrected chi connectivity index (χ0v) is 24.9. The number of aryl methyl sites for hydroxylation is 2. The van der Waals surface area contributed by atoms with Crippen LogP contribution in [0.15, 0.2) is 109 Å². The number of benzene rings is 6. The van der Waals surface area contributed by atoms with Crippen molar-refractivity contribution in [2.75, 3.05) is 0 Å². The third kappa shape index (κ3) is 4.81. The van der Waals surface area contributed by atoms with Crippen molar-refractivity contribution in [1.29, 1.82) is 0 Å². The number of fused-ring (bicyclic) bond motifs is 2. The van der Waals surface area contributed by atoms with Gasteiger partial charge in [0.15, 0.2) is 0 Å². The summed E-state index contributed by atoms with van der Waals surface area (Å²) in [6.45, 7) is 8.44. The summed E-state index contributed by atoms with van der Waals surface area (Å²) in [5, 5.41) is 27.7. The van der Waals surface area contributed by atoms with Gasteiger partial charge < -0.3 is 10.2 Å². The molecule has 6 rings (SSSR count). The zero-order valence-electron chi connectivity index (χ0n) is 24.9. The van der Waals surface area contributed by atoms with Crippen molar-refractivity contribution in [2.24, 2.45) is 0 Å². The minimum atomic E-state index is -0.00365. The maximum Gasteiger partial charge on any atom is 0.122 e. The van der Waals surface area contributed by atoms with Crippen LogP contribution < -0.4 is 0 Å². The molecule has 0 fully saturated rings. The quantitative estimate of drug-likeness (QED) is 0.208. The molecule has 0 aliphatic rings. The number of phenolic OH excluding ortho intramolecular Hbond substituents is 2. The lowest BCUT2D eigenvalue weighted by molar-refractivity contribution is 0.457. The average molecular weight is 551 g/mol. The smallest absolute Gasteiger partial charge is 0.122 e. The highest BCUT2D eigenvalue weighted by Gasteiger charge is 2.23. The van der Waals surface area contributed by atoms with Crippen molar-refractivity contribution in [2.45, 2.75) is 52.4 Å². The van der Waals surface area contributed by atoms with E-state index in [0.29, 0.717) is 11.5 Å². The Kier molecular flexibility index (Phi) is 7.47. The second-order valence-corrected chi connectivity index (χ2v) is 11.5. The minimum Gasteiger partial charge on any atom is -0.507 e. The van der Waals surface area contributed by atoms with Gasteiger partial charge in [0.05, 0.1) is 0 Å². The number of aromatic hydroxyl groups is 2. The monoisotopic (exact) mass is 550 g/mol. The molecular weight excluding hydrogens is 512 g/mol. The van der Waals surface area contributed by atoms with Crippen molar-refractivity contribution in [3.05, 3.63) is 143 Å². The molecule has 0 saturated carbocycles. The van der Waals surface area contributed by atoms with Crippen LogP contribution in [0.3, 0.4) is 0 Å². The summed E-state index contributed by atoms with van der Waals surface area (Å²) in [5.41, 5.74) is 8.20. The Morgan fingerprint density at radius 2 is 1.12 bits per heavy atom. The molecule has 0 aromatic heterocycles. The van der Waals surface area contributed by atoms with E-state index in [0.717, 1.165) is 46.2 Å². The van der Waals surface area contributed by atoms with Crippen LogP contribution in [0.1, 0.15) is 72.4 Å². The molecule has 210 valence electrons. The molecule has 0 radical (unpaired) electrons. The molecular formula is C40H38O2. The van der Waals surface area contributed by atoms with Crippen LogP contribution in [-0.2, 0) is 6.42 Å². The first-order chi connectivity index (χ1) is 20.4. The molecule has 0 aliphatic carbocycles. The van der Waals surface area contributed by atoms with Crippen LogP contribution in [0, 0.1) is 6.92 Å². The van der Waals surface area contributed by atoms with E-state index in [9.17, 15) is 10.2 Å². The lowest BCUT2D eigenvalue weighted by Crippen LogP contribution is -2.04.